The monoisotopic (exact) mass is 502 g/mol. The molecule has 3 aliphatic rings. The minimum Gasteiger partial charge on any atom is -0.487 e. The molecule has 9 nitrogen and oxygen atoms in total. The van der Waals surface area contributed by atoms with Crippen molar-refractivity contribution < 1.29 is 23.0 Å². The summed E-state index contributed by atoms with van der Waals surface area (Å²) in [5.74, 6) is 2.31. The van der Waals surface area contributed by atoms with Crippen molar-refractivity contribution in [2.24, 2.45) is 5.41 Å². The number of alkyl halides is 2. The van der Waals surface area contributed by atoms with Gasteiger partial charge in [-0.25, -0.2) is 13.8 Å². The van der Waals surface area contributed by atoms with Crippen LogP contribution in [0.3, 0.4) is 0 Å². The first-order valence-electron chi connectivity index (χ1n) is 12.3. The number of hydrogen-bond donors (Lipinski definition) is 3. The Bertz CT molecular complexity index is 1150. The number of ether oxygens (including phenoxy) is 2. The number of benzene rings is 1. The second kappa shape index (κ2) is 9.34. The highest BCUT2D eigenvalue weighted by Gasteiger charge is 2.36. The Morgan fingerprint density at radius 3 is 2.72 bits per heavy atom. The average molecular weight is 503 g/mol. The molecule has 0 bridgehead atoms. The molecule has 0 saturated carbocycles. The summed E-state index contributed by atoms with van der Waals surface area (Å²) >= 11 is 0. The minimum absolute atomic E-state index is 0.0479. The predicted molar refractivity (Wildman–Crippen MR) is 133 cm³/mol. The fourth-order valence-corrected chi connectivity index (χ4v) is 4.76. The molecule has 194 valence electrons. The van der Waals surface area contributed by atoms with Gasteiger partial charge in [0.2, 0.25) is 5.95 Å². The van der Waals surface area contributed by atoms with E-state index < -0.39 is 12.0 Å². The van der Waals surface area contributed by atoms with Crippen molar-refractivity contribution in [1.29, 1.82) is 0 Å². The SMILES string of the molecule is CC1(CNCC(F)F)CCN(c2nc(Nc3ccc4c(c3)NC(=O)C(C)(C)O4)nc3c2OCC3)CC1. The number of nitrogens with one attached hydrogen (secondary N) is 3. The van der Waals surface area contributed by atoms with Crippen LogP contribution < -0.4 is 30.3 Å². The molecule has 5 rings (SSSR count). The predicted octanol–water partition coefficient (Wildman–Crippen LogP) is 3.73. The molecule has 3 N–H and O–H groups in total. The van der Waals surface area contributed by atoms with Gasteiger partial charge in [0.1, 0.15) is 5.75 Å². The van der Waals surface area contributed by atoms with Gasteiger partial charge in [-0.05, 0) is 50.3 Å². The molecule has 0 unspecified atom stereocenters. The molecule has 3 aliphatic heterocycles. The van der Waals surface area contributed by atoms with Gasteiger partial charge in [-0.15, -0.1) is 0 Å². The zero-order valence-corrected chi connectivity index (χ0v) is 20.8. The molecule has 0 atom stereocenters. The molecule has 0 spiro atoms. The summed E-state index contributed by atoms with van der Waals surface area (Å²) in [5, 5.41) is 9.04. The number of nitrogens with zero attached hydrogens (tertiary/aromatic N) is 3. The second-order valence-electron chi connectivity index (χ2n) is 10.5. The van der Waals surface area contributed by atoms with Gasteiger partial charge in [0.25, 0.3) is 12.3 Å². The lowest BCUT2D eigenvalue weighted by Crippen LogP contribution is -2.45. The van der Waals surface area contributed by atoms with Crippen LogP contribution in [0, 0.1) is 5.41 Å². The molecule has 1 aromatic heterocycles. The summed E-state index contributed by atoms with van der Waals surface area (Å²) in [4.78, 5) is 23.9. The average Bonchev–Trinajstić information content (AvgIpc) is 3.28. The zero-order chi connectivity index (χ0) is 25.5. The van der Waals surface area contributed by atoms with Crippen LogP contribution in [0.4, 0.5) is 31.9 Å². The normalized spacial score (nSPS) is 19.7. The van der Waals surface area contributed by atoms with Crippen molar-refractivity contribution in [3.05, 3.63) is 23.9 Å². The number of piperidine rings is 1. The van der Waals surface area contributed by atoms with E-state index in [4.69, 9.17) is 14.5 Å². The number of fused-ring (bicyclic) bond motifs is 2. The molecule has 11 heteroatoms. The number of anilines is 4. The Labute approximate surface area is 209 Å². The molecular weight excluding hydrogens is 470 g/mol. The van der Waals surface area contributed by atoms with E-state index in [2.05, 4.69) is 32.8 Å². The highest BCUT2D eigenvalue weighted by atomic mass is 19.3. The first-order valence-corrected chi connectivity index (χ1v) is 12.3. The number of hydrogen-bond acceptors (Lipinski definition) is 8. The molecule has 2 aromatic rings. The van der Waals surface area contributed by atoms with Crippen LogP contribution in [0.15, 0.2) is 18.2 Å². The molecule has 1 fully saturated rings. The topological polar surface area (TPSA) is 101 Å². The van der Waals surface area contributed by atoms with Crippen molar-refractivity contribution in [2.45, 2.75) is 52.1 Å². The van der Waals surface area contributed by atoms with Crippen LogP contribution in [-0.2, 0) is 11.2 Å². The first kappa shape index (κ1) is 24.5. The van der Waals surface area contributed by atoms with Gasteiger partial charge in [-0.1, -0.05) is 6.92 Å². The summed E-state index contributed by atoms with van der Waals surface area (Å²) in [6, 6.07) is 5.47. The molecule has 4 heterocycles. The summed E-state index contributed by atoms with van der Waals surface area (Å²) in [6.07, 6.45) is 0.0643. The molecular formula is C25H32F2N6O3. The third-order valence-corrected chi connectivity index (χ3v) is 7.02. The Kier molecular flexibility index (Phi) is 6.36. The highest BCUT2D eigenvalue weighted by molar-refractivity contribution is 6.00. The van der Waals surface area contributed by atoms with Crippen molar-refractivity contribution in [2.75, 3.05) is 48.3 Å². The van der Waals surface area contributed by atoms with E-state index in [1.165, 1.54) is 0 Å². The van der Waals surface area contributed by atoms with E-state index in [0.29, 0.717) is 42.7 Å². The van der Waals surface area contributed by atoms with Crippen LogP contribution in [0.25, 0.3) is 0 Å². The van der Waals surface area contributed by atoms with Crippen LogP contribution in [0.2, 0.25) is 0 Å². The number of aromatic nitrogens is 2. The van der Waals surface area contributed by atoms with E-state index in [9.17, 15) is 13.6 Å². The molecule has 1 amide bonds. The third-order valence-electron chi connectivity index (χ3n) is 7.02. The van der Waals surface area contributed by atoms with Gasteiger partial charge < -0.3 is 30.3 Å². The molecule has 1 saturated heterocycles. The quantitative estimate of drug-likeness (QED) is 0.527. The zero-order valence-electron chi connectivity index (χ0n) is 20.8. The van der Waals surface area contributed by atoms with E-state index >= 15 is 0 Å². The third kappa shape index (κ3) is 5.02. The minimum atomic E-state index is -2.34. The van der Waals surface area contributed by atoms with Gasteiger partial charge in [0.15, 0.2) is 17.2 Å². The molecule has 36 heavy (non-hydrogen) atoms. The maximum Gasteiger partial charge on any atom is 0.268 e. The van der Waals surface area contributed by atoms with E-state index in [-0.39, 0.29) is 17.9 Å². The van der Waals surface area contributed by atoms with E-state index in [0.717, 1.165) is 43.1 Å². The van der Waals surface area contributed by atoms with Crippen LogP contribution in [-0.4, -0.2) is 60.7 Å². The number of rotatable bonds is 7. The first-order chi connectivity index (χ1) is 17.1. The van der Waals surface area contributed by atoms with Gasteiger partial charge in [0.05, 0.1) is 24.5 Å². The van der Waals surface area contributed by atoms with Crippen molar-refractivity contribution in [1.82, 2.24) is 15.3 Å². The lowest BCUT2D eigenvalue weighted by molar-refractivity contribution is -0.129. The summed E-state index contributed by atoms with van der Waals surface area (Å²) in [6.45, 7) is 7.92. The van der Waals surface area contributed by atoms with Crippen molar-refractivity contribution in [3.63, 3.8) is 0 Å². The van der Waals surface area contributed by atoms with Crippen molar-refractivity contribution in [3.8, 4) is 11.5 Å². The van der Waals surface area contributed by atoms with Gasteiger partial charge >= 0.3 is 0 Å². The Morgan fingerprint density at radius 2 is 1.97 bits per heavy atom. The highest BCUT2D eigenvalue weighted by Crippen LogP contribution is 2.40. The van der Waals surface area contributed by atoms with Crippen LogP contribution in [0.5, 0.6) is 11.5 Å². The second-order valence-corrected chi connectivity index (χ2v) is 10.5. The standard InChI is InChI=1S/C25H32F2N6O3/c1-24(2)22(34)30-17-12-15(4-5-18(17)36-24)29-23-31-16-6-11-35-20(16)21(32-23)33-9-7-25(3,8-10-33)14-28-13-19(26)27/h4-5,12,19,28H,6-11,13-14H2,1-3H3,(H,30,34)(H,29,31,32). The van der Waals surface area contributed by atoms with Crippen molar-refractivity contribution >= 4 is 29.0 Å². The number of carbonyl (C=O) groups excluding carboxylic acids is 1. The van der Waals surface area contributed by atoms with Crippen LogP contribution >= 0.6 is 0 Å². The fraction of sp³-hybridized carbons (Fsp3) is 0.560. The fourth-order valence-electron chi connectivity index (χ4n) is 4.76. The smallest absolute Gasteiger partial charge is 0.268 e. The Morgan fingerprint density at radius 1 is 1.19 bits per heavy atom. The van der Waals surface area contributed by atoms with Gasteiger partial charge in [-0.3, -0.25) is 4.79 Å². The van der Waals surface area contributed by atoms with E-state index in [1.54, 1.807) is 19.9 Å². The maximum atomic E-state index is 12.5. The summed E-state index contributed by atoms with van der Waals surface area (Å²) in [5.41, 5.74) is 1.19. The number of halogens is 2. The molecule has 1 aromatic carbocycles. The molecule has 0 radical (unpaired) electrons. The lowest BCUT2D eigenvalue weighted by Gasteiger charge is -2.40. The van der Waals surface area contributed by atoms with Crippen LogP contribution in [0.1, 0.15) is 39.3 Å². The summed E-state index contributed by atoms with van der Waals surface area (Å²) < 4.78 is 36.7. The largest absolute Gasteiger partial charge is 0.487 e. The Balaban J connectivity index is 1.32. The lowest BCUT2D eigenvalue weighted by atomic mass is 9.80. The summed E-state index contributed by atoms with van der Waals surface area (Å²) in [7, 11) is 0. The van der Waals surface area contributed by atoms with Gasteiger partial charge in [-0.2, -0.15) is 4.98 Å². The molecule has 0 aliphatic carbocycles. The Hall–Kier alpha value is -3.21. The van der Waals surface area contributed by atoms with E-state index in [1.807, 2.05) is 12.1 Å². The van der Waals surface area contributed by atoms with Gasteiger partial charge in [0, 0.05) is 31.7 Å². The maximum absolute atomic E-state index is 12.5. The number of amides is 1. The number of carbonyl (C=O) groups is 1.